The van der Waals surface area contributed by atoms with E-state index in [1.54, 1.807) is 0 Å². The van der Waals surface area contributed by atoms with Crippen LogP contribution in [0.25, 0.3) is 0 Å². The highest BCUT2D eigenvalue weighted by molar-refractivity contribution is 5.75. The molecule has 19 heavy (non-hydrogen) atoms. The van der Waals surface area contributed by atoms with E-state index in [4.69, 9.17) is 4.74 Å². The lowest BCUT2D eigenvalue weighted by molar-refractivity contribution is -0.120. The average Bonchev–Trinajstić information content (AvgIpc) is 3.03. The van der Waals surface area contributed by atoms with Gasteiger partial charge in [0, 0.05) is 24.9 Å². The summed E-state index contributed by atoms with van der Waals surface area (Å²) in [6.45, 7) is 3.51. The number of carbonyl (C=O) groups excluding carboxylic acids is 1. The predicted molar refractivity (Wildman–Crippen MR) is 74.6 cm³/mol. The van der Waals surface area contributed by atoms with Crippen molar-refractivity contribution in [1.29, 1.82) is 0 Å². The van der Waals surface area contributed by atoms with Gasteiger partial charge in [-0.2, -0.15) is 0 Å². The van der Waals surface area contributed by atoms with Crippen molar-refractivity contribution in [2.75, 3.05) is 13.2 Å². The van der Waals surface area contributed by atoms with Gasteiger partial charge in [-0.05, 0) is 42.4 Å². The van der Waals surface area contributed by atoms with Crippen molar-refractivity contribution >= 4 is 5.91 Å². The maximum atomic E-state index is 11.3. The first-order valence-electron chi connectivity index (χ1n) is 7.33. The second-order valence-electron chi connectivity index (χ2n) is 5.44. The van der Waals surface area contributed by atoms with Crippen LogP contribution in [0, 0.1) is 0 Å². The van der Waals surface area contributed by atoms with Gasteiger partial charge >= 0.3 is 0 Å². The molecule has 0 unspecified atom stereocenters. The van der Waals surface area contributed by atoms with Gasteiger partial charge in [0.2, 0.25) is 5.91 Å². The molecule has 3 nitrogen and oxygen atoms in total. The molecule has 2 aliphatic rings. The first kappa shape index (κ1) is 12.5. The van der Waals surface area contributed by atoms with E-state index in [1.165, 1.54) is 29.5 Å². The molecular weight excluding hydrogens is 237 g/mol. The molecule has 3 rings (SSSR count). The number of rotatable bonds is 4. The molecule has 1 N–H and O–H groups in total. The zero-order chi connectivity index (χ0) is 13.2. The molecule has 1 aromatic rings. The van der Waals surface area contributed by atoms with E-state index >= 15 is 0 Å². The number of aryl methyl sites for hydroxylation is 1. The van der Waals surface area contributed by atoms with Crippen LogP contribution in [0.1, 0.15) is 48.8 Å². The van der Waals surface area contributed by atoms with Crippen LogP contribution in [-0.2, 0) is 17.6 Å². The Labute approximate surface area is 114 Å². The largest absolute Gasteiger partial charge is 0.493 e. The fourth-order valence-corrected chi connectivity index (χ4v) is 3.35. The number of fused-ring (bicyclic) bond motifs is 3. The van der Waals surface area contributed by atoms with Gasteiger partial charge in [-0.15, -0.1) is 0 Å². The molecule has 3 heteroatoms. The van der Waals surface area contributed by atoms with Crippen molar-refractivity contribution in [2.24, 2.45) is 0 Å². The van der Waals surface area contributed by atoms with E-state index in [1.807, 2.05) is 6.92 Å². The second-order valence-corrected chi connectivity index (χ2v) is 5.44. The molecule has 1 aromatic carbocycles. The molecule has 1 aliphatic heterocycles. The van der Waals surface area contributed by atoms with E-state index in [0.29, 0.717) is 12.3 Å². The summed E-state index contributed by atoms with van der Waals surface area (Å²) < 4.78 is 5.66. The van der Waals surface area contributed by atoms with Crippen LogP contribution < -0.4 is 10.1 Å². The van der Waals surface area contributed by atoms with Crippen molar-refractivity contribution < 1.29 is 9.53 Å². The van der Waals surface area contributed by atoms with Crippen molar-refractivity contribution in [1.82, 2.24) is 5.32 Å². The third-order valence-electron chi connectivity index (χ3n) is 4.32. The highest BCUT2D eigenvalue weighted by atomic mass is 16.5. The Morgan fingerprint density at radius 3 is 3.16 bits per heavy atom. The molecule has 1 heterocycles. The predicted octanol–water partition coefficient (Wildman–Crippen LogP) is 2.57. The fraction of sp³-hybridized carbons (Fsp3) is 0.562. The highest BCUT2D eigenvalue weighted by Gasteiger charge is 2.29. The second kappa shape index (κ2) is 5.24. The van der Waals surface area contributed by atoms with E-state index in [-0.39, 0.29) is 5.91 Å². The summed E-state index contributed by atoms with van der Waals surface area (Å²) in [5.74, 6) is 1.84. The lowest BCUT2D eigenvalue weighted by Crippen LogP contribution is -2.24. The monoisotopic (exact) mass is 258 g/mol. The SMILES string of the molecule is CC[11C](=O)NCC[C@@H]1CCc2ccc3c(c21)CCO3. The molecular formula is C16H21NO2. The smallest absolute Gasteiger partial charge is 0.219 e. The number of hydrogen-bond donors (Lipinski definition) is 1. The molecule has 0 saturated carbocycles. The topological polar surface area (TPSA) is 38.3 Å². The van der Waals surface area contributed by atoms with Gasteiger partial charge in [-0.25, -0.2) is 0 Å². The number of nitrogens with one attached hydrogen (secondary N) is 1. The lowest BCUT2D eigenvalue weighted by Gasteiger charge is -2.15. The standard InChI is InChI=1S/C16H21NO2/c1-2-15(18)17-9-7-12-4-3-11-5-6-14-13(16(11)12)8-10-19-14/h5-6,12H,2-4,7-10H2,1H3,(H,17,18)/t12-/m0/s1/i15-1. The minimum atomic E-state index is 0.153. The number of carbonyl (C=O) groups is 1. The number of amides is 1. The Morgan fingerprint density at radius 1 is 1.42 bits per heavy atom. The minimum Gasteiger partial charge on any atom is -0.493 e. The Hall–Kier alpha value is -1.51. The Bertz CT molecular complexity index is 496. The molecule has 1 atom stereocenters. The minimum absolute atomic E-state index is 0.153. The summed E-state index contributed by atoms with van der Waals surface area (Å²) >= 11 is 0. The fourth-order valence-electron chi connectivity index (χ4n) is 3.35. The summed E-state index contributed by atoms with van der Waals surface area (Å²) in [5, 5.41) is 2.99. The summed E-state index contributed by atoms with van der Waals surface area (Å²) in [4.78, 5) is 11.3. The average molecular weight is 258 g/mol. The van der Waals surface area contributed by atoms with E-state index in [9.17, 15) is 4.79 Å². The zero-order valence-corrected chi connectivity index (χ0v) is 11.5. The van der Waals surface area contributed by atoms with E-state index in [0.717, 1.165) is 31.7 Å². The van der Waals surface area contributed by atoms with Crippen molar-refractivity contribution in [3.8, 4) is 5.75 Å². The van der Waals surface area contributed by atoms with Gasteiger partial charge in [0.15, 0.2) is 0 Å². The van der Waals surface area contributed by atoms with Gasteiger partial charge in [-0.3, -0.25) is 4.79 Å². The van der Waals surface area contributed by atoms with Crippen LogP contribution in [0.4, 0.5) is 0 Å². The van der Waals surface area contributed by atoms with Crippen LogP contribution in [0.2, 0.25) is 0 Å². The zero-order valence-electron chi connectivity index (χ0n) is 11.5. The van der Waals surface area contributed by atoms with Crippen LogP contribution in [0.3, 0.4) is 0 Å². The number of ether oxygens (including phenoxy) is 1. The molecule has 102 valence electrons. The third kappa shape index (κ3) is 2.34. The first-order valence-corrected chi connectivity index (χ1v) is 7.33. The lowest BCUT2D eigenvalue weighted by atomic mass is 9.91. The normalized spacial score (nSPS) is 19.7. The van der Waals surface area contributed by atoms with Gasteiger partial charge < -0.3 is 10.1 Å². The maximum Gasteiger partial charge on any atom is 0.219 e. The van der Waals surface area contributed by atoms with Crippen LogP contribution in [0.15, 0.2) is 12.1 Å². The van der Waals surface area contributed by atoms with Crippen molar-refractivity contribution in [2.45, 2.75) is 44.9 Å². The van der Waals surface area contributed by atoms with Gasteiger partial charge in [0.05, 0.1) is 6.61 Å². The molecule has 0 saturated heterocycles. The van der Waals surface area contributed by atoms with Gasteiger partial charge in [-0.1, -0.05) is 13.0 Å². The first-order chi connectivity index (χ1) is 9.29. The van der Waals surface area contributed by atoms with Gasteiger partial charge in [0.25, 0.3) is 0 Å². The summed E-state index contributed by atoms with van der Waals surface area (Å²) in [6.07, 6.45) is 5.07. The Morgan fingerprint density at radius 2 is 2.32 bits per heavy atom. The quantitative estimate of drug-likeness (QED) is 0.901. The van der Waals surface area contributed by atoms with Crippen LogP contribution in [0.5, 0.6) is 5.75 Å². The number of benzene rings is 1. The van der Waals surface area contributed by atoms with Crippen LogP contribution >= 0.6 is 0 Å². The van der Waals surface area contributed by atoms with E-state index < -0.39 is 0 Å². The van der Waals surface area contributed by atoms with Crippen molar-refractivity contribution in [3.63, 3.8) is 0 Å². The Kier molecular flexibility index (Phi) is 3.45. The molecule has 1 aliphatic carbocycles. The molecule has 0 bridgehead atoms. The molecule has 0 fully saturated rings. The maximum absolute atomic E-state index is 11.3. The third-order valence-corrected chi connectivity index (χ3v) is 4.32. The Balaban J connectivity index is 1.71. The number of hydrogen-bond acceptors (Lipinski definition) is 2. The van der Waals surface area contributed by atoms with Crippen molar-refractivity contribution in [3.05, 3.63) is 28.8 Å². The highest BCUT2D eigenvalue weighted by Crippen LogP contribution is 2.42. The van der Waals surface area contributed by atoms with Crippen LogP contribution in [-0.4, -0.2) is 19.1 Å². The molecule has 0 spiro atoms. The van der Waals surface area contributed by atoms with E-state index in [2.05, 4.69) is 17.4 Å². The summed E-state index contributed by atoms with van der Waals surface area (Å²) in [5.41, 5.74) is 4.46. The molecule has 0 radical (unpaired) electrons. The molecule has 1 amide bonds. The summed E-state index contributed by atoms with van der Waals surface area (Å²) in [6, 6.07) is 4.35. The molecule has 0 aromatic heterocycles. The summed E-state index contributed by atoms with van der Waals surface area (Å²) in [7, 11) is 0. The van der Waals surface area contributed by atoms with Gasteiger partial charge in [0.1, 0.15) is 5.75 Å².